The van der Waals surface area contributed by atoms with E-state index in [0.29, 0.717) is 12.1 Å². The molecule has 1 rings (SSSR count). The highest BCUT2D eigenvalue weighted by Gasteiger charge is 2.33. The lowest BCUT2D eigenvalue weighted by molar-refractivity contribution is -0.128. The van der Waals surface area contributed by atoms with E-state index < -0.39 is 0 Å². The van der Waals surface area contributed by atoms with E-state index in [1.54, 1.807) is 0 Å². The number of rotatable bonds is 7. The Morgan fingerprint density at radius 1 is 1.25 bits per heavy atom. The minimum atomic E-state index is -0.0337. The van der Waals surface area contributed by atoms with E-state index in [4.69, 9.17) is 0 Å². The summed E-state index contributed by atoms with van der Waals surface area (Å²) in [7, 11) is 0. The Bertz CT molecular complexity index is 293. The Labute approximate surface area is 124 Å². The lowest BCUT2D eigenvalue weighted by Gasteiger charge is -2.42. The lowest BCUT2D eigenvalue weighted by Crippen LogP contribution is -2.58. The van der Waals surface area contributed by atoms with Crippen LogP contribution in [0.25, 0.3) is 0 Å². The van der Waals surface area contributed by atoms with Gasteiger partial charge in [0.15, 0.2) is 0 Å². The molecule has 0 aromatic carbocycles. The van der Waals surface area contributed by atoms with Crippen LogP contribution < -0.4 is 10.6 Å². The largest absolute Gasteiger partial charge is 0.353 e. The van der Waals surface area contributed by atoms with Crippen molar-refractivity contribution >= 4 is 5.91 Å². The molecule has 1 heterocycles. The van der Waals surface area contributed by atoms with Crippen LogP contribution in [0.4, 0.5) is 0 Å². The third kappa shape index (κ3) is 5.06. The predicted molar refractivity (Wildman–Crippen MR) is 84.8 cm³/mol. The van der Waals surface area contributed by atoms with Crippen molar-refractivity contribution in [1.82, 2.24) is 15.5 Å². The average molecular weight is 283 g/mol. The second kappa shape index (κ2) is 8.63. The van der Waals surface area contributed by atoms with Crippen LogP contribution >= 0.6 is 0 Å². The van der Waals surface area contributed by atoms with Gasteiger partial charge in [-0.15, -0.1) is 0 Å². The van der Waals surface area contributed by atoms with E-state index >= 15 is 0 Å². The zero-order chi connectivity index (χ0) is 15.1. The molecule has 1 amide bonds. The highest BCUT2D eigenvalue weighted by molar-refractivity contribution is 5.81. The summed E-state index contributed by atoms with van der Waals surface area (Å²) in [4.78, 5) is 14.7. The highest BCUT2D eigenvalue weighted by Crippen LogP contribution is 2.22. The third-order valence-corrected chi connectivity index (χ3v) is 4.19. The molecule has 4 heteroatoms. The van der Waals surface area contributed by atoms with Crippen molar-refractivity contribution in [1.29, 1.82) is 0 Å². The van der Waals surface area contributed by atoms with E-state index in [2.05, 4.69) is 29.4 Å². The highest BCUT2D eigenvalue weighted by atomic mass is 16.2. The van der Waals surface area contributed by atoms with Gasteiger partial charge in [0.25, 0.3) is 0 Å². The van der Waals surface area contributed by atoms with Gasteiger partial charge in [0.05, 0.1) is 6.04 Å². The van der Waals surface area contributed by atoms with E-state index in [1.165, 1.54) is 19.3 Å². The Kier molecular flexibility index (Phi) is 7.52. The second-order valence-corrected chi connectivity index (χ2v) is 6.38. The molecule has 0 spiro atoms. The first-order valence-electron chi connectivity index (χ1n) is 8.26. The number of likely N-dealkylation sites (tertiary alicyclic amines) is 1. The van der Waals surface area contributed by atoms with Crippen LogP contribution in [0.5, 0.6) is 0 Å². The molecule has 1 fully saturated rings. The van der Waals surface area contributed by atoms with Crippen LogP contribution in [0.3, 0.4) is 0 Å². The molecule has 4 nitrogen and oxygen atoms in total. The second-order valence-electron chi connectivity index (χ2n) is 6.38. The fourth-order valence-electron chi connectivity index (χ4n) is 3.06. The molecule has 1 aliphatic rings. The van der Waals surface area contributed by atoms with Crippen LogP contribution in [-0.4, -0.2) is 48.1 Å². The minimum absolute atomic E-state index is 0.0337. The fraction of sp³-hybridized carbons (Fsp3) is 0.938. The summed E-state index contributed by atoms with van der Waals surface area (Å²) in [5.74, 6) is 0.162. The van der Waals surface area contributed by atoms with E-state index in [-0.39, 0.29) is 18.0 Å². The van der Waals surface area contributed by atoms with Crippen molar-refractivity contribution in [2.24, 2.45) is 0 Å². The van der Waals surface area contributed by atoms with Gasteiger partial charge in [-0.1, -0.05) is 13.3 Å². The Morgan fingerprint density at radius 3 is 2.55 bits per heavy atom. The number of carbonyl (C=O) groups is 1. The van der Waals surface area contributed by atoms with Gasteiger partial charge in [-0.05, 0) is 60.0 Å². The number of nitrogens with one attached hydrogen (secondary N) is 2. The van der Waals surface area contributed by atoms with Crippen molar-refractivity contribution in [3.8, 4) is 0 Å². The summed E-state index contributed by atoms with van der Waals surface area (Å²) < 4.78 is 0. The molecular formula is C16H33N3O. The minimum Gasteiger partial charge on any atom is -0.353 e. The first-order valence-corrected chi connectivity index (χ1v) is 8.26. The summed E-state index contributed by atoms with van der Waals surface area (Å²) in [5.41, 5.74) is 0. The number of carbonyl (C=O) groups excluding carboxylic acids is 1. The van der Waals surface area contributed by atoms with Crippen molar-refractivity contribution in [2.45, 2.75) is 84.5 Å². The maximum atomic E-state index is 12.3. The first kappa shape index (κ1) is 17.4. The standard InChI is InChI=1S/C16H33N3O/c1-6-10-17-13(4)15-9-7-8-11-19(15)14(5)16(20)18-12(2)3/h12-15,17H,6-11H2,1-5H3,(H,18,20). The molecule has 1 saturated heterocycles. The first-order chi connectivity index (χ1) is 9.47. The molecule has 1 aliphatic heterocycles. The molecular weight excluding hydrogens is 250 g/mol. The summed E-state index contributed by atoms with van der Waals surface area (Å²) in [6, 6.07) is 1.10. The number of hydrogen-bond acceptors (Lipinski definition) is 3. The summed E-state index contributed by atoms with van der Waals surface area (Å²) in [6.45, 7) is 12.6. The summed E-state index contributed by atoms with van der Waals surface area (Å²) >= 11 is 0. The zero-order valence-electron chi connectivity index (χ0n) is 13.9. The van der Waals surface area contributed by atoms with Crippen molar-refractivity contribution < 1.29 is 4.79 Å². The Balaban J connectivity index is 2.65. The van der Waals surface area contributed by atoms with Gasteiger partial charge >= 0.3 is 0 Å². The molecule has 0 aromatic heterocycles. The molecule has 0 bridgehead atoms. The van der Waals surface area contributed by atoms with Crippen molar-refractivity contribution in [3.05, 3.63) is 0 Å². The summed E-state index contributed by atoms with van der Waals surface area (Å²) in [5, 5.41) is 6.63. The van der Waals surface area contributed by atoms with E-state index in [9.17, 15) is 4.79 Å². The quantitative estimate of drug-likeness (QED) is 0.752. The molecule has 0 aliphatic carbocycles. The third-order valence-electron chi connectivity index (χ3n) is 4.19. The van der Waals surface area contributed by atoms with Crippen LogP contribution in [0.2, 0.25) is 0 Å². The lowest BCUT2D eigenvalue weighted by atomic mass is 9.94. The normalized spacial score (nSPS) is 23.6. The predicted octanol–water partition coefficient (Wildman–Crippen LogP) is 2.14. The molecule has 3 atom stereocenters. The molecule has 118 valence electrons. The topological polar surface area (TPSA) is 44.4 Å². The zero-order valence-corrected chi connectivity index (χ0v) is 13.9. The molecule has 0 aromatic rings. The van der Waals surface area contributed by atoms with Crippen molar-refractivity contribution in [2.75, 3.05) is 13.1 Å². The van der Waals surface area contributed by atoms with Gasteiger partial charge in [-0.25, -0.2) is 0 Å². The summed E-state index contributed by atoms with van der Waals surface area (Å²) in [6.07, 6.45) is 4.83. The van der Waals surface area contributed by atoms with Crippen LogP contribution in [-0.2, 0) is 4.79 Å². The van der Waals surface area contributed by atoms with E-state index in [0.717, 1.165) is 19.5 Å². The Hall–Kier alpha value is -0.610. The molecule has 2 N–H and O–H groups in total. The van der Waals surface area contributed by atoms with Gasteiger partial charge in [-0.2, -0.15) is 0 Å². The van der Waals surface area contributed by atoms with Gasteiger partial charge in [0.2, 0.25) is 5.91 Å². The molecule has 3 unspecified atom stereocenters. The van der Waals surface area contributed by atoms with Gasteiger partial charge < -0.3 is 10.6 Å². The van der Waals surface area contributed by atoms with Crippen LogP contribution in [0, 0.1) is 0 Å². The van der Waals surface area contributed by atoms with E-state index in [1.807, 2.05) is 20.8 Å². The van der Waals surface area contributed by atoms with Crippen LogP contribution in [0.15, 0.2) is 0 Å². The monoisotopic (exact) mass is 283 g/mol. The molecule has 0 saturated carbocycles. The molecule has 0 radical (unpaired) electrons. The fourth-order valence-corrected chi connectivity index (χ4v) is 3.06. The number of piperidine rings is 1. The van der Waals surface area contributed by atoms with Crippen LogP contribution in [0.1, 0.15) is 60.3 Å². The van der Waals surface area contributed by atoms with Gasteiger partial charge in [-0.3, -0.25) is 9.69 Å². The number of amides is 1. The smallest absolute Gasteiger partial charge is 0.237 e. The average Bonchev–Trinajstić information content (AvgIpc) is 2.43. The van der Waals surface area contributed by atoms with Gasteiger partial charge in [0, 0.05) is 18.1 Å². The van der Waals surface area contributed by atoms with Crippen molar-refractivity contribution in [3.63, 3.8) is 0 Å². The molecule has 20 heavy (non-hydrogen) atoms. The Morgan fingerprint density at radius 2 is 1.95 bits per heavy atom. The SMILES string of the molecule is CCCNC(C)C1CCCCN1C(C)C(=O)NC(C)C. The maximum Gasteiger partial charge on any atom is 0.237 e. The van der Waals surface area contributed by atoms with Gasteiger partial charge in [0.1, 0.15) is 0 Å². The number of hydrogen-bond donors (Lipinski definition) is 2. The number of nitrogens with zero attached hydrogens (tertiary/aromatic N) is 1. The maximum absolute atomic E-state index is 12.3.